The largest absolute Gasteiger partial charge is 0.253 e. The molecule has 0 radical (unpaired) electrons. The zero-order chi connectivity index (χ0) is 10.3. The second-order valence-corrected chi connectivity index (χ2v) is 4.63. The van der Waals surface area contributed by atoms with Crippen LogP contribution in [-0.4, -0.2) is 4.98 Å². The van der Waals surface area contributed by atoms with Crippen molar-refractivity contribution < 1.29 is 0 Å². The number of benzene rings is 1. The molecule has 0 bridgehead atoms. The van der Waals surface area contributed by atoms with E-state index < -0.39 is 0 Å². The molecule has 0 spiro atoms. The van der Waals surface area contributed by atoms with Crippen LogP contribution in [0.2, 0.25) is 0 Å². The van der Waals surface area contributed by atoms with E-state index in [4.69, 9.17) is 4.98 Å². The van der Waals surface area contributed by atoms with E-state index in [2.05, 4.69) is 37.3 Å². The summed E-state index contributed by atoms with van der Waals surface area (Å²) in [7, 11) is 0. The third kappa shape index (κ3) is 1.52. The first-order chi connectivity index (χ1) is 7.33. The summed E-state index contributed by atoms with van der Waals surface area (Å²) in [5, 5.41) is 1.28. The van der Waals surface area contributed by atoms with E-state index in [1.54, 1.807) is 0 Å². The normalized spacial score (nSPS) is 20.2. The fourth-order valence-corrected chi connectivity index (χ4v) is 2.43. The maximum atomic E-state index is 4.77. The van der Waals surface area contributed by atoms with Gasteiger partial charge in [0.1, 0.15) is 0 Å². The molecule has 15 heavy (non-hydrogen) atoms. The van der Waals surface area contributed by atoms with Crippen LogP contribution in [0, 0.1) is 5.92 Å². The van der Waals surface area contributed by atoms with Crippen LogP contribution in [-0.2, 0) is 12.8 Å². The number of pyridine rings is 1. The van der Waals surface area contributed by atoms with Gasteiger partial charge in [-0.2, -0.15) is 0 Å². The number of para-hydroxylation sites is 1. The molecule has 1 aliphatic carbocycles. The van der Waals surface area contributed by atoms with Crippen LogP contribution in [0.15, 0.2) is 30.3 Å². The van der Waals surface area contributed by atoms with Crippen molar-refractivity contribution in [1.29, 1.82) is 0 Å². The fourth-order valence-electron chi connectivity index (χ4n) is 2.43. The summed E-state index contributed by atoms with van der Waals surface area (Å²) in [4.78, 5) is 4.77. The number of hydrogen-bond acceptors (Lipinski definition) is 1. The molecular weight excluding hydrogens is 182 g/mol. The molecule has 0 saturated carbocycles. The van der Waals surface area contributed by atoms with Gasteiger partial charge in [0.05, 0.1) is 5.52 Å². The highest BCUT2D eigenvalue weighted by Crippen LogP contribution is 2.26. The van der Waals surface area contributed by atoms with Crippen molar-refractivity contribution >= 4 is 10.9 Å². The topological polar surface area (TPSA) is 12.9 Å². The lowest BCUT2D eigenvalue weighted by molar-refractivity contribution is 0.493. The van der Waals surface area contributed by atoms with Gasteiger partial charge in [-0.1, -0.05) is 25.1 Å². The van der Waals surface area contributed by atoms with Crippen molar-refractivity contribution in [2.75, 3.05) is 0 Å². The zero-order valence-corrected chi connectivity index (χ0v) is 9.03. The summed E-state index contributed by atoms with van der Waals surface area (Å²) in [5.74, 6) is 0.797. The van der Waals surface area contributed by atoms with Crippen molar-refractivity contribution in [2.24, 2.45) is 5.92 Å². The molecule has 3 rings (SSSR count). The summed E-state index contributed by atoms with van der Waals surface area (Å²) in [5.41, 5.74) is 3.93. The molecule has 1 nitrogen and oxygen atoms in total. The number of hydrogen-bond donors (Lipinski definition) is 0. The molecule has 1 aromatic carbocycles. The highest BCUT2D eigenvalue weighted by atomic mass is 14.7. The van der Waals surface area contributed by atoms with Gasteiger partial charge in [0.2, 0.25) is 0 Å². The summed E-state index contributed by atoms with van der Waals surface area (Å²) in [6.07, 6.45) is 3.67. The Hall–Kier alpha value is -1.37. The predicted molar refractivity (Wildman–Crippen MR) is 62.9 cm³/mol. The molecule has 1 heterocycles. The van der Waals surface area contributed by atoms with Crippen LogP contribution in [0.3, 0.4) is 0 Å². The zero-order valence-electron chi connectivity index (χ0n) is 9.03. The molecule has 0 amide bonds. The van der Waals surface area contributed by atoms with Gasteiger partial charge >= 0.3 is 0 Å². The molecule has 1 heteroatoms. The van der Waals surface area contributed by atoms with Gasteiger partial charge in [-0.25, -0.2) is 0 Å². The summed E-state index contributed by atoms with van der Waals surface area (Å²) in [6.45, 7) is 2.32. The number of fused-ring (bicyclic) bond motifs is 2. The van der Waals surface area contributed by atoms with Crippen LogP contribution in [0.5, 0.6) is 0 Å². The predicted octanol–water partition coefficient (Wildman–Crippen LogP) is 3.36. The molecule has 1 aromatic heterocycles. The van der Waals surface area contributed by atoms with Crippen molar-refractivity contribution in [3.63, 3.8) is 0 Å². The van der Waals surface area contributed by atoms with Crippen molar-refractivity contribution in [2.45, 2.75) is 26.2 Å². The first-order valence-electron chi connectivity index (χ1n) is 5.70. The molecule has 0 N–H and O–H groups in total. The lowest BCUT2D eigenvalue weighted by Crippen LogP contribution is -2.12. The van der Waals surface area contributed by atoms with E-state index in [0.29, 0.717) is 0 Å². The third-order valence-electron chi connectivity index (χ3n) is 3.34. The van der Waals surface area contributed by atoms with E-state index in [1.165, 1.54) is 29.5 Å². The summed E-state index contributed by atoms with van der Waals surface area (Å²) in [6, 6.07) is 10.7. The number of aryl methyl sites for hydroxylation is 1. The smallest absolute Gasteiger partial charge is 0.0705 e. The minimum Gasteiger partial charge on any atom is -0.253 e. The number of nitrogens with zero attached hydrogens (tertiary/aromatic N) is 1. The maximum absolute atomic E-state index is 4.77. The molecule has 1 atom stereocenters. The van der Waals surface area contributed by atoms with E-state index in [0.717, 1.165) is 17.9 Å². The molecule has 0 saturated heterocycles. The number of rotatable bonds is 0. The molecule has 2 aromatic rings. The second kappa shape index (κ2) is 3.34. The molecule has 1 aliphatic rings. The first kappa shape index (κ1) is 8.90. The average Bonchev–Trinajstić information content (AvgIpc) is 2.26. The quantitative estimate of drug-likeness (QED) is 0.631. The summed E-state index contributed by atoms with van der Waals surface area (Å²) >= 11 is 0. The van der Waals surface area contributed by atoms with Crippen LogP contribution >= 0.6 is 0 Å². The minimum atomic E-state index is 0.797. The van der Waals surface area contributed by atoms with Gasteiger partial charge in [0, 0.05) is 11.1 Å². The van der Waals surface area contributed by atoms with E-state index in [-0.39, 0.29) is 0 Å². The van der Waals surface area contributed by atoms with Crippen LogP contribution in [0.25, 0.3) is 10.9 Å². The van der Waals surface area contributed by atoms with Gasteiger partial charge in [0.15, 0.2) is 0 Å². The van der Waals surface area contributed by atoms with Crippen molar-refractivity contribution in [3.05, 3.63) is 41.6 Å². The highest BCUT2D eigenvalue weighted by molar-refractivity contribution is 5.79. The second-order valence-electron chi connectivity index (χ2n) is 4.63. The van der Waals surface area contributed by atoms with Gasteiger partial charge in [0.25, 0.3) is 0 Å². The van der Waals surface area contributed by atoms with E-state index >= 15 is 0 Å². The first-order valence-corrected chi connectivity index (χ1v) is 5.70. The van der Waals surface area contributed by atoms with E-state index in [1.807, 2.05) is 0 Å². The van der Waals surface area contributed by atoms with Crippen molar-refractivity contribution in [1.82, 2.24) is 4.98 Å². The Kier molecular flexibility index (Phi) is 1.98. The lowest BCUT2D eigenvalue weighted by Gasteiger charge is -2.20. The van der Waals surface area contributed by atoms with Crippen LogP contribution in [0.1, 0.15) is 24.6 Å². The Morgan fingerprint density at radius 3 is 3.07 bits per heavy atom. The lowest BCUT2D eigenvalue weighted by atomic mass is 9.87. The number of aromatic nitrogens is 1. The Labute approximate surface area is 90.2 Å². The Bertz CT molecular complexity index is 502. The Balaban J connectivity index is 2.20. The third-order valence-corrected chi connectivity index (χ3v) is 3.34. The van der Waals surface area contributed by atoms with Crippen molar-refractivity contribution in [3.8, 4) is 0 Å². The SMILES string of the molecule is CC1CCc2cc3ccccc3nc2C1. The van der Waals surface area contributed by atoms with Gasteiger partial charge < -0.3 is 0 Å². The average molecular weight is 197 g/mol. The molecule has 0 fully saturated rings. The molecule has 76 valence electrons. The minimum absolute atomic E-state index is 0.797. The highest BCUT2D eigenvalue weighted by Gasteiger charge is 2.16. The fraction of sp³-hybridized carbons (Fsp3) is 0.357. The molecular formula is C14H15N. The molecule has 1 unspecified atom stereocenters. The Morgan fingerprint density at radius 1 is 1.27 bits per heavy atom. The monoisotopic (exact) mass is 197 g/mol. The van der Waals surface area contributed by atoms with E-state index in [9.17, 15) is 0 Å². The van der Waals surface area contributed by atoms with Crippen LogP contribution in [0.4, 0.5) is 0 Å². The van der Waals surface area contributed by atoms with Gasteiger partial charge in [-0.3, -0.25) is 4.98 Å². The van der Waals surface area contributed by atoms with Gasteiger partial charge in [-0.05, 0) is 42.9 Å². The van der Waals surface area contributed by atoms with Crippen LogP contribution < -0.4 is 0 Å². The standard InChI is InChI=1S/C14H15N/c1-10-6-7-12-9-11-4-2-3-5-13(11)15-14(12)8-10/h2-5,9-10H,6-8H2,1H3. The van der Waals surface area contributed by atoms with Gasteiger partial charge in [-0.15, -0.1) is 0 Å². The summed E-state index contributed by atoms with van der Waals surface area (Å²) < 4.78 is 0. The molecule has 0 aliphatic heterocycles. The Morgan fingerprint density at radius 2 is 2.13 bits per heavy atom. The maximum Gasteiger partial charge on any atom is 0.0705 e.